The first-order chi connectivity index (χ1) is 9.47. The number of nitrogens with zero attached hydrogens (tertiary/aromatic N) is 1. The average Bonchev–Trinajstić information content (AvgIpc) is 2.38. The van der Waals surface area contributed by atoms with Gasteiger partial charge in [-0.05, 0) is 37.5 Å². The normalized spacial score (nSPS) is 22.6. The fourth-order valence-corrected chi connectivity index (χ4v) is 2.63. The molecule has 5 heteroatoms. The van der Waals surface area contributed by atoms with Crippen LogP contribution in [0.4, 0.5) is 0 Å². The summed E-state index contributed by atoms with van der Waals surface area (Å²) in [6.07, 6.45) is 1.76. The van der Waals surface area contributed by atoms with Crippen LogP contribution in [0.1, 0.15) is 25.3 Å². The second-order valence-corrected chi connectivity index (χ2v) is 5.42. The van der Waals surface area contributed by atoms with Crippen molar-refractivity contribution in [2.45, 2.75) is 32.2 Å². The second kappa shape index (κ2) is 5.94. The Morgan fingerprint density at radius 1 is 1.40 bits per heavy atom. The van der Waals surface area contributed by atoms with Crippen LogP contribution in [0.25, 0.3) is 0 Å². The highest BCUT2D eigenvalue weighted by molar-refractivity contribution is 5.81. The molecule has 1 heterocycles. The minimum Gasteiger partial charge on any atom is -0.508 e. The first kappa shape index (κ1) is 14.4. The molecule has 3 N–H and O–H groups in total. The zero-order valence-corrected chi connectivity index (χ0v) is 11.6. The Morgan fingerprint density at radius 3 is 2.80 bits per heavy atom. The van der Waals surface area contributed by atoms with Crippen LogP contribution < -0.4 is 5.73 Å². The Balaban J connectivity index is 2.05. The van der Waals surface area contributed by atoms with Gasteiger partial charge in [0, 0.05) is 12.6 Å². The van der Waals surface area contributed by atoms with Crippen LogP contribution in [0.2, 0.25) is 0 Å². The molecule has 1 aromatic rings. The number of benzene rings is 1. The molecule has 20 heavy (non-hydrogen) atoms. The van der Waals surface area contributed by atoms with Gasteiger partial charge in [0.05, 0.1) is 12.3 Å². The predicted octanol–water partition coefficient (Wildman–Crippen LogP) is 1.05. The number of likely N-dealkylation sites (tertiary alicyclic amines) is 1. The smallest absolute Gasteiger partial charge is 0.227 e. The molecule has 2 rings (SSSR count). The highest BCUT2D eigenvalue weighted by atomic mass is 16.3. The molecule has 1 aliphatic heterocycles. The van der Waals surface area contributed by atoms with E-state index in [2.05, 4.69) is 0 Å². The van der Waals surface area contributed by atoms with E-state index in [-0.39, 0.29) is 35.9 Å². The highest BCUT2D eigenvalue weighted by Gasteiger charge is 2.31. The monoisotopic (exact) mass is 276 g/mol. The van der Waals surface area contributed by atoms with Gasteiger partial charge < -0.3 is 15.7 Å². The van der Waals surface area contributed by atoms with E-state index < -0.39 is 0 Å². The number of aromatic hydroxyl groups is 1. The zero-order chi connectivity index (χ0) is 14.7. The van der Waals surface area contributed by atoms with E-state index in [1.165, 1.54) is 0 Å². The summed E-state index contributed by atoms with van der Waals surface area (Å²) in [4.78, 5) is 25.4. The fourth-order valence-electron chi connectivity index (χ4n) is 2.63. The summed E-state index contributed by atoms with van der Waals surface area (Å²) in [5.74, 6) is -0.475. The van der Waals surface area contributed by atoms with Crippen LogP contribution >= 0.6 is 0 Å². The van der Waals surface area contributed by atoms with Crippen molar-refractivity contribution in [3.05, 3.63) is 29.8 Å². The summed E-state index contributed by atoms with van der Waals surface area (Å²) in [6, 6.07) is 6.79. The van der Waals surface area contributed by atoms with Crippen molar-refractivity contribution >= 4 is 11.8 Å². The second-order valence-electron chi connectivity index (χ2n) is 5.42. The number of hydrogen-bond acceptors (Lipinski definition) is 3. The quantitative estimate of drug-likeness (QED) is 0.865. The molecule has 0 radical (unpaired) electrons. The van der Waals surface area contributed by atoms with E-state index in [1.807, 2.05) is 6.92 Å². The van der Waals surface area contributed by atoms with E-state index in [4.69, 9.17) is 5.73 Å². The predicted molar refractivity (Wildman–Crippen MR) is 74.9 cm³/mol. The Kier molecular flexibility index (Phi) is 4.27. The van der Waals surface area contributed by atoms with E-state index in [1.54, 1.807) is 29.2 Å². The summed E-state index contributed by atoms with van der Waals surface area (Å²) < 4.78 is 0. The lowest BCUT2D eigenvalue weighted by atomic mass is 9.92. The summed E-state index contributed by atoms with van der Waals surface area (Å²) in [6.45, 7) is 2.38. The maximum Gasteiger partial charge on any atom is 0.227 e. The topological polar surface area (TPSA) is 83.6 Å². The van der Waals surface area contributed by atoms with Crippen LogP contribution in [-0.4, -0.2) is 34.4 Å². The molecule has 0 spiro atoms. The Labute approximate surface area is 118 Å². The lowest BCUT2D eigenvalue weighted by Gasteiger charge is -2.37. The molecule has 1 saturated heterocycles. The molecule has 0 bridgehead atoms. The maximum atomic E-state index is 12.3. The number of nitrogens with two attached hydrogens (primary N) is 1. The highest BCUT2D eigenvalue weighted by Crippen LogP contribution is 2.23. The van der Waals surface area contributed by atoms with Crippen molar-refractivity contribution in [3.8, 4) is 5.75 Å². The molecule has 1 aromatic carbocycles. The van der Waals surface area contributed by atoms with E-state index in [9.17, 15) is 14.7 Å². The van der Waals surface area contributed by atoms with Crippen LogP contribution in [-0.2, 0) is 16.0 Å². The fraction of sp³-hybridized carbons (Fsp3) is 0.467. The number of hydrogen-bond donors (Lipinski definition) is 2. The number of amides is 2. The van der Waals surface area contributed by atoms with Crippen LogP contribution in [0.5, 0.6) is 5.75 Å². The van der Waals surface area contributed by atoms with E-state index in [0.717, 1.165) is 18.4 Å². The van der Waals surface area contributed by atoms with E-state index >= 15 is 0 Å². The van der Waals surface area contributed by atoms with Gasteiger partial charge in [-0.3, -0.25) is 9.59 Å². The zero-order valence-electron chi connectivity index (χ0n) is 11.6. The Bertz CT molecular complexity index is 516. The van der Waals surface area contributed by atoms with Crippen molar-refractivity contribution in [2.75, 3.05) is 6.54 Å². The summed E-state index contributed by atoms with van der Waals surface area (Å²) in [7, 11) is 0. The molecule has 1 fully saturated rings. The van der Waals surface area contributed by atoms with Gasteiger partial charge in [0.15, 0.2) is 0 Å². The van der Waals surface area contributed by atoms with Gasteiger partial charge in [0.25, 0.3) is 0 Å². The van der Waals surface area contributed by atoms with Crippen molar-refractivity contribution in [2.24, 2.45) is 11.7 Å². The van der Waals surface area contributed by atoms with Crippen LogP contribution in [0.3, 0.4) is 0 Å². The standard InChI is InChI=1S/C15H20N2O3/c1-10-5-6-12(15(16)20)9-17(10)14(19)8-11-3-2-4-13(18)7-11/h2-4,7,10,12,18H,5-6,8-9H2,1H3,(H2,16,20)/t10-,12+/m0/s1. The molecule has 2 atom stereocenters. The summed E-state index contributed by atoms with van der Waals surface area (Å²) >= 11 is 0. The lowest BCUT2D eigenvalue weighted by molar-refractivity contribution is -0.136. The molecular weight excluding hydrogens is 256 g/mol. The number of carbonyl (C=O) groups is 2. The lowest BCUT2D eigenvalue weighted by Crippen LogP contribution is -2.49. The molecule has 0 unspecified atom stereocenters. The minimum absolute atomic E-state index is 0.0333. The van der Waals surface area contributed by atoms with Crippen molar-refractivity contribution in [3.63, 3.8) is 0 Å². The van der Waals surface area contributed by atoms with Crippen LogP contribution in [0, 0.1) is 5.92 Å². The number of phenols is 1. The summed E-state index contributed by atoms with van der Waals surface area (Å²) in [5, 5.41) is 9.42. The Morgan fingerprint density at radius 2 is 2.15 bits per heavy atom. The average molecular weight is 276 g/mol. The Hall–Kier alpha value is -2.04. The first-order valence-corrected chi connectivity index (χ1v) is 6.84. The SMILES string of the molecule is C[C@H]1CC[C@@H](C(N)=O)CN1C(=O)Cc1cccc(O)c1. The van der Waals surface area contributed by atoms with Gasteiger partial charge in [-0.25, -0.2) is 0 Å². The minimum atomic E-state index is -0.341. The first-order valence-electron chi connectivity index (χ1n) is 6.84. The van der Waals surface area contributed by atoms with E-state index in [0.29, 0.717) is 6.54 Å². The third kappa shape index (κ3) is 3.29. The number of carbonyl (C=O) groups excluding carboxylic acids is 2. The van der Waals surface area contributed by atoms with Crippen molar-refractivity contribution in [1.29, 1.82) is 0 Å². The molecule has 0 aliphatic carbocycles. The molecule has 0 saturated carbocycles. The van der Waals surface area contributed by atoms with Gasteiger partial charge in [-0.15, -0.1) is 0 Å². The molecule has 2 amide bonds. The number of phenolic OH excluding ortho intramolecular Hbond substituents is 1. The molecule has 1 aliphatic rings. The maximum absolute atomic E-state index is 12.3. The van der Waals surface area contributed by atoms with Gasteiger partial charge in [-0.2, -0.15) is 0 Å². The molecule has 0 aromatic heterocycles. The van der Waals surface area contributed by atoms with Crippen LogP contribution in [0.15, 0.2) is 24.3 Å². The number of rotatable bonds is 3. The molecule has 5 nitrogen and oxygen atoms in total. The number of piperidine rings is 1. The van der Waals surface area contributed by atoms with Gasteiger partial charge in [-0.1, -0.05) is 12.1 Å². The summed E-state index contributed by atoms with van der Waals surface area (Å²) in [5.41, 5.74) is 6.10. The van der Waals surface area contributed by atoms with Crippen molar-refractivity contribution in [1.82, 2.24) is 4.90 Å². The third-order valence-corrected chi connectivity index (χ3v) is 3.87. The third-order valence-electron chi connectivity index (χ3n) is 3.87. The molecule has 108 valence electrons. The van der Waals surface area contributed by atoms with Gasteiger partial charge in [0.1, 0.15) is 5.75 Å². The largest absolute Gasteiger partial charge is 0.508 e. The number of primary amides is 1. The molecular formula is C15H20N2O3. The van der Waals surface area contributed by atoms with Gasteiger partial charge in [0.2, 0.25) is 11.8 Å². The van der Waals surface area contributed by atoms with Gasteiger partial charge >= 0.3 is 0 Å². The van der Waals surface area contributed by atoms with Crippen molar-refractivity contribution < 1.29 is 14.7 Å².